The maximum absolute atomic E-state index is 9.13. The molecule has 0 spiro atoms. The lowest BCUT2D eigenvalue weighted by molar-refractivity contribution is 1.06. The average molecular weight is 377 g/mol. The maximum Gasteiger partial charge on any atom is 0.225 e. The SMILES string of the molecule is N#Cc1cccc(Nc2cc(-c3ccccc3)nc(NCc3ccccc3)n2)c1. The van der Waals surface area contributed by atoms with Gasteiger partial charge in [0.05, 0.1) is 17.3 Å². The van der Waals surface area contributed by atoms with E-state index in [2.05, 4.69) is 38.8 Å². The summed E-state index contributed by atoms with van der Waals surface area (Å²) in [5.74, 6) is 1.19. The van der Waals surface area contributed by atoms with Crippen LogP contribution >= 0.6 is 0 Å². The van der Waals surface area contributed by atoms with Crippen molar-refractivity contribution in [1.29, 1.82) is 5.26 Å². The molecule has 2 N–H and O–H groups in total. The van der Waals surface area contributed by atoms with Crippen LogP contribution in [0.4, 0.5) is 17.5 Å². The zero-order valence-electron chi connectivity index (χ0n) is 15.7. The number of nitrogens with zero attached hydrogens (tertiary/aromatic N) is 3. The Labute approximate surface area is 169 Å². The topological polar surface area (TPSA) is 73.6 Å². The lowest BCUT2D eigenvalue weighted by Crippen LogP contribution is -2.06. The molecule has 0 amide bonds. The Hall–Kier alpha value is -4.17. The standard InChI is InChI=1S/C24H19N5/c25-16-19-10-7-13-21(14-19)27-23-15-22(20-11-5-2-6-12-20)28-24(29-23)26-17-18-8-3-1-4-9-18/h1-15H,17H2,(H2,26,27,28,29). The first-order chi connectivity index (χ1) is 14.3. The third kappa shape index (κ3) is 4.76. The van der Waals surface area contributed by atoms with E-state index in [1.165, 1.54) is 0 Å². The molecule has 0 aliphatic carbocycles. The maximum atomic E-state index is 9.13. The van der Waals surface area contributed by atoms with Gasteiger partial charge in [0.25, 0.3) is 0 Å². The molecule has 0 aliphatic rings. The Balaban J connectivity index is 1.65. The Morgan fingerprint density at radius 1 is 0.793 bits per heavy atom. The van der Waals surface area contributed by atoms with Gasteiger partial charge in [0.15, 0.2) is 0 Å². The normalized spacial score (nSPS) is 10.2. The van der Waals surface area contributed by atoms with Gasteiger partial charge in [-0.1, -0.05) is 66.7 Å². The number of aromatic nitrogens is 2. The molecule has 0 unspecified atom stereocenters. The van der Waals surface area contributed by atoms with Crippen molar-refractivity contribution in [3.8, 4) is 17.3 Å². The number of benzene rings is 3. The lowest BCUT2D eigenvalue weighted by Gasteiger charge is -2.12. The first-order valence-electron chi connectivity index (χ1n) is 9.30. The lowest BCUT2D eigenvalue weighted by atomic mass is 10.1. The van der Waals surface area contributed by atoms with E-state index in [-0.39, 0.29) is 0 Å². The zero-order chi connectivity index (χ0) is 19.9. The van der Waals surface area contributed by atoms with E-state index >= 15 is 0 Å². The molecule has 0 radical (unpaired) electrons. The van der Waals surface area contributed by atoms with Crippen molar-refractivity contribution in [2.24, 2.45) is 0 Å². The summed E-state index contributed by atoms with van der Waals surface area (Å²) < 4.78 is 0. The minimum atomic E-state index is 0.536. The monoisotopic (exact) mass is 377 g/mol. The summed E-state index contributed by atoms with van der Waals surface area (Å²) in [4.78, 5) is 9.29. The number of anilines is 3. The van der Waals surface area contributed by atoms with E-state index < -0.39 is 0 Å². The molecule has 5 nitrogen and oxygen atoms in total. The Morgan fingerprint density at radius 3 is 2.31 bits per heavy atom. The van der Waals surface area contributed by atoms with Gasteiger partial charge in [-0.25, -0.2) is 4.98 Å². The first kappa shape index (κ1) is 18.2. The van der Waals surface area contributed by atoms with E-state index in [9.17, 15) is 0 Å². The summed E-state index contributed by atoms with van der Waals surface area (Å²) in [6, 6.07) is 31.5. The second-order valence-electron chi connectivity index (χ2n) is 6.48. The van der Waals surface area contributed by atoms with E-state index in [1.807, 2.05) is 66.7 Å². The number of nitrogens with one attached hydrogen (secondary N) is 2. The fourth-order valence-corrected chi connectivity index (χ4v) is 2.94. The van der Waals surface area contributed by atoms with Crippen LogP contribution in [-0.4, -0.2) is 9.97 Å². The Morgan fingerprint density at radius 2 is 1.55 bits per heavy atom. The molecule has 4 aromatic rings. The van der Waals surface area contributed by atoms with E-state index in [0.717, 1.165) is 22.5 Å². The quantitative estimate of drug-likeness (QED) is 0.472. The van der Waals surface area contributed by atoms with Crippen LogP contribution in [0.25, 0.3) is 11.3 Å². The van der Waals surface area contributed by atoms with Gasteiger partial charge >= 0.3 is 0 Å². The number of hydrogen-bond donors (Lipinski definition) is 2. The van der Waals surface area contributed by atoms with E-state index in [1.54, 1.807) is 12.1 Å². The third-order valence-corrected chi connectivity index (χ3v) is 4.35. The van der Waals surface area contributed by atoms with Crippen LogP contribution in [0.1, 0.15) is 11.1 Å². The summed E-state index contributed by atoms with van der Waals surface area (Å²) in [6.07, 6.45) is 0. The van der Waals surface area contributed by atoms with Gasteiger partial charge in [-0.2, -0.15) is 10.2 Å². The van der Waals surface area contributed by atoms with Crippen LogP contribution in [-0.2, 0) is 6.54 Å². The van der Waals surface area contributed by atoms with Crippen LogP contribution in [0.5, 0.6) is 0 Å². The second kappa shape index (κ2) is 8.68. The molecule has 4 rings (SSSR count). The van der Waals surface area contributed by atoms with Crippen molar-refractivity contribution in [2.75, 3.05) is 10.6 Å². The highest BCUT2D eigenvalue weighted by atomic mass is 15.1. The molecule has 0 bridgehead atoms. The summed E-state index contributed by atoms with van der Waals surface area (Å²) in [6.45, 7) is 0.627. The fraction of sp³-hybridized carbons (Fsp3) is 0.0417. The third-order valence-electron chi connectivity index (χ3n) is 4.35. The van der Waals surface area contributed by atoms with Gasteiger partial charge in [0.1, 0.15) is 5.82 Å². The molecule has 0 saturated carbocycles. The summed E-state index contributed by atoms with van der Waals surface area (Å²) in [7, 11) is 0. The van der Waals surface area contributed by atoms with Crippen molar-refractivity contribution >= 4 is 17.5 Å². The smallest absolute Gasteiger partial charge is 0.225 e. The van der Waals surface area contributed by atoms with Crippen molar-refractivity contribution in [3.05, 3.63) is 102 Å². The van der Waals surface area contributed by atoms with Gasteiger partial charge in [-0.3, -0.25) is 0 Å². The van der Waals surface area contributed by atoms with Gasteiger partial charge in [-0.05, 0) is 23.8 Å². The van der Waals surface area contributed by atoms with Gasteiger partial charge in [0.2, 0.25) is 5.95 Å². The molecule has 0 fully saturated rings. The number of hydrogen-bond acceptors (Lipinski definition) is 5. The highest BCUT2D eigenvalue weighted by Crippen LogP contribution is 2.24. The molecule has 140 valence electrons. The van der Waals surface area contributed by atoms with Gasteiger partial charge in [-0.15, -0.1) is 0 Å². The molecule has 5 heteroatoms. The number of nitriles is 1. The fourth-order valence-electron chi connectivity index (χ4n) is 2.94. The first-order valence-corrected chi connectivity index (χ1v) is 9.30. The van der Waals surface area contributed by atoms with Crippen molar-refractivity contribution in [3.63, 3.8) is 0 Å². The van der Waals surface area contributed by atoms with Crippen LogP contribution in [0.3, 0.4) is 0 Å². The predicted molar refractivity (Wildman–Crippen MR) is 116 cm³/mol. The summed E-state index contributed by atoms with van der Waals surface area (Å²) >= 11 is 0. The Bertz CT molecular complexity index is 1130. The minimum Gasteiger partial charge on any atom is -0.350 e. The summed E-state index contributed by atoms with van der Waals surface area (Å²) in [5.41, 5.74) is 4.37. The van der Waals surface area contributed by atoms with E-state index in [4.69, 9.17) is 5.26 Å². The van der Waals surface area contributed by atoms with Crippen molar-refractivity contribution < 1.29 is 0 Å². The second-order valence-corrected chi connectivity index (χ2v) is 6.48. The zero-order valence-corrected chi connectivity index (χ0v) is 15.7. The van der Waals surface area contributed by atoms with Crippen LogP contribution in [0.15, 0.2) is 91.0 Å². The molecule has 0 atom stereocenters. The predicted octanol–water partition coefficient (Wildman–Crippen LogP) is 5.37. The molecule has 0 saturated heterocycles. The number of rotatable bonds is 6. The average Bonchev–Trinajstić information content (AvgIpc) is 2.79. The molecular formula is C24H19N5. The molecule has 0 aliphatic heterocycles. The van der Waals surface area contributed by atoms with Crippen LogP contribution < -0.4 is 10.6 Å². The molecule has 29 heavy (non-hydrogen) atoms. The molecule has 1 aromatic heterocycles. The minimum absolute atomic E-state index is 0.536. The highest BCUT2D eigenvalue weighted by molar-refractivity contribution is 5.67. The largest absolute Gasteiger partial charge is 0.350 e. The Kier molecular flexibility index (Phi) is 5.45. The highest BCUT2D eigenvalue weighted by Gasteiger charge is 2.08. The molecule has 1 heterocycles. The van der Waals surface area contributed by atoms with E-state index in [0.29, 0.717) is 23.9 Å². The van der Waals surface area contributed by atoms with Crippen molar-refractivity contribution in [2.45, 2.75) is 6.54 Å². The van der Waals surface area contributed by atoms with Gasteiger partial charge < -0.3 is 10.6 Å². The molecule has 3 aromatic carbocycles. The van der Waals surface area contributed by atoms with Crippen molar-refractivity contribution in [1.82, 2.24) is 9.97 Å². The van der Waals surface area contributed by atoms with Crippen LogP contribution in [0, 0.1) is 11.3 Å². The van der Waals surface area contributed by atoms with Crippen LogP contribution in [0.2, 0.25) is 0 Å². The molecular weight excluding hydrogens is 358 g/mol. The van der Waals surface area contributed by atoms with Gasteiger partial charge in [0, 0.05) is 23.9 Å². The summed E-state index contributed by atoms with van der Waals surface area (Å²) in [5, 5.41) is 15.7.